The average Bonchev–Trinajstić information content (AvgIpc) is 3.23. The van der Waals surface area contributed by atoms with Crippen molar-refractivity contribution in [3.05, 3.63) is 83.8 Å². The van der Waals surface area contributed by atoms with Gasteiger partial charge in [-0.1, -0.05) is 36.4 Å². The number of hydrogen-bond donors (Lipinski definition) is 0. The number of nitrogens with zero attached hydrogens (tertiary/aromatic N) is 4. The van der Waals surface area contributed by atoms with Gasteiger partial charge in [0.25, 0.3) is 0 Å². The van der Waals surface area contributed by atoms with Gasteiger partial charge < -0.3 is 0 Å². The molecule has 0 N–H and O–H groups in total. The molecule has 0 amide bonds. The first-order chi connectivity index (χ1) is 12.7. The van der Waals surface area contributed by atoms with Gasteiger partial charge in [0, 0.05) is 44.5 Å². The van der Waals surface area contributed by atoms with Gasteiger partial charge in [-0.25, -0.2) is 0 Å². The molecule has 3 heterocycles. The molecule has 0 saturated carbocycles. The minimum atomic E-state index is 0.940. The van der Waals surface area contributed by atoms with Gasteiger partial charge in [-0.05, 0) is 40.5 Å². The third-order valence-electron chi connectivity index (χ3n) is 5.06. The number of hydrogen-bond acceptors (Lipinski definition) is 3. The molecule has 5 rings (SSSR count). The van der Waals surface area contributed by atoms with Gasteiger partial charge in [-0.2, -0.15) is 5.10 Å². The third kappa shape index (κ3) is 2.78. The Labute approximate surface area is 152 Å². The van der Waals surface area contributed by atoms with Crippen molar-refractivity contribution in [1.29, 1.82) is 0 Å². The normalized spacial score (nSPS) is 14.0. The third-order valence-corrected chi connectivity index (χ3v) is 5.06. The van der Waals surface area contributed by atoms with Gasteiger partial charge in [0.05, 0.1) is 11.2 Å². The van der Waals surface area contributed by atoms with E-state index in [0.717, 1.165) is 25.2 Å². The molecule has 26 heavy (non-hydrogen) atoms. The number of aromatic nitrogens is 3. The summed E-state index contributed by atoms with van der Waals surface area (Å²) in [4.78, 5) is 6.92. The number of benzene rings is 2. The van der Waals surface area contributed by atoms with Crippen molar-refractivity contribution >= 4 is 10.9 Å². The van der Waals surface area contributed by atoms with Crippen molar-refractivity contribution in [2.45, 2.75) is 19.6 Å². The Morgan fingerprint density at radius 2 is 1.81 bits per heavy atom. The highest BCUT2D eigenvalue weighted by atomic mass is 15.2. The van der Waals surface area contributed by atoms with Crippen molar-refractivity contribution < 1.29 is 0 Å². The molecular formula is C22H20N4. The van der Waals surface area contributed by atoms with Crippen LogP contribution in [0.25, 0.3) is 22.0 Å². The van der Waals surface area contributed by atoms with E-state index in [1.807, 2.05) is 24.0 Å². The van der Waals surface area contributed by atoms with Gasteiger partial charge >= 0.3 is 0 Å². The van der Waals surface area contributed by atoms with E-state index in [9.17, 15) is 0 Å². The number of fused-ring (bicyclic) bond motifs is 2. The number of pyridine rings is 1. The summed E-state index contributed by atoms with van der Waals surface area (Å²) in [5.74, 6) is 0. The SMILES string of the molecule is Cn1cc2cc(-c3ccc(CN4Cc5cccnc5C4)cc3)ccc2n1. The molecule has 4 heteroatoms. The molecule has 0 spiro atoms. The summed E-state index contributed by atoms with van der Waals surface area (Å²) in [7, 11) is 1.96. The van der Waals surface area contributed by atoms with Crippen LogP contribution < -0.4 is 0 Å². The highest BCUT2D eigenvalue weighted by molar-refractivity contribution is 5.84. The largest absolute Gasteiger partial charge is 0.289 e. The van der Waals surface area contributed by atoms with Gasteiger partial charge in [-0.3, -0.25) is 14.6 Å². The van der Waals surface area contributed by atoms with E-state index in [2.05, 4.69) is 69.7 Å². The minimum Gasteiger partial charge on any atom is -0.289 e. The van der Waals surface area contributed by atoms with Gasteiger partial charge in [0.15, 0.2) is 0 Å². The van der Waals surface area contributed by atoms with Gasteiger partial charge in [0.2, 0.25) is 0 Å². The molecule has 1 aliphatic rings. The van der Waals surface area contributed by atoms with Crippen molar-refractivity contribution in [1.82, 2.24) is 19.7 Å². The number of aryl methyl sites for hydroxylation is 1. The molecule has 0 unspecified atom stereocenters. The molecule has 0 saturated heterocycles. The quantitative estimate of drug-likeness (QED) is 0.562. The topological polar surface area (TPSA) is 34.0 Å². The summed E-state index contributed by atoms with van der Waals surface area (Å²) in [6, 6.07) is 19.6. The van der Waals surface area contributed by atoms with Crippen LogP contribution in [-0.4, -0.2) is 19.7 Å². The molecule has 1 aliphatic heterocycles. The summed E-state index contributed by atoms with van der Waals surface area (Å²) >= 11 is 0. The second-order valence-electron chi connectivity index (χ2n) is 7.03. The van der Waals surface area contributed by atoms with E-state index in [0.29, 0.717) is 0 Å². The maximum atomic E-state index is 4.48. The zero-order valence-corrected chi connectivity index (χ0v) is 14.8. The van der Waals surface area contributed by atoms with Crippen molar-refractivity contribution in [3.63, 3.8) is 0 Å². The summed E-state index contributed by atoms with van der Waals surface area (Å²) < 4.78 is 1.86. The van der Waals surface area contributed by atoms with Crippen molar-refractivity contribution in [2.24, 2.45) is 7.05 Å². The highest BCUT2D eigenvalue weighted by Crippen LogP contribution is 2.26. The monoisotopic (exact) mass is 340 g/mol. The van der Waals surface area contributed by atoms with E-state index in [4.69, 9.17) is 0 Å². The van der Waals surface area contributed by atoms with E-state index < -0.39 is 0 Å². The summed E-state index contributed by atoms with van der Waals surface area (Å²) in [5.41, 5.74) is 7.42. The molecule has 128 valence electrons. The Morgan fingerprint density at radius 3 is 2.65 bits per heavy atom. The van der Waals surface area contributed by atoms with E-state index in [1.54, 1.807) is 0 Å². The fourth-order valence-electron chi connectivity index (χ4n) is 3.77. The average molecular weight is 340 g/mol. The number of rotatable bonds is 3. The molecule has 2 aromatic heterocycles. The molecular weight excluding hydrogens is 320 g/mol. The second kappa shape index (κ2) is 6.07. The van der Waals surface area contributed by atoms with Crippen LogP contribution in [0.15, 0.2) is 67.0 Å². The smallest absolute Gasteiger partial charge is 0.0923 e. The maximum Gasteiger partial charge on any atom is 0.0923 e. The lowest BCUT2D eigenvalue weighted by molar-refractivity contribution is 0.274. The Bertz CT molecular complexity index is 1050. The zero-order chi connectivity index (χ0) is 17.5. The van der Waals surface area contributed by atoms with Crippen molar-refractivity contribution in [3.8, 4) is 11.1 Å². The molecule has 4 nitrogen and oxygen atoms in total. The lowest BCUT2D eigenvalue weighted by Gasteiger charge is -2.14. The lowest BCUT2D eigenvalue weighted by atomic mass is 10.0. The molecule has 0 atom stereocenters. The van der Waals surface area contributed by atoms with Crippen LogP contribution in [-0.2, 0) is 26.7 Å². The van der Waals surface area contributed by atoms with Gasteiger partial charge in [-0.15, -0.1) is 0 Å². The van der Waals surface area contributed by atoms with E-state index >= 15 is 0 Å². The molecule has 4 aromatic rings. The van der Waals surface area contributed by atoms with Crippen LogP contribution in [0.1, 0.15) is 16.8 Å². The predicted octanol–water partition coefficient (Wildman–Crippen LogP) is 4.15. The first-order valence-electron chi connectivity index (χ1n) is 8.92. The van der Waals surface area contributed by atoms with Gasteiger partial charge in [0.1, 0.15) is 0 Å². The Kier molecular flexibility index (Phi) is 3.57. The first-order valence-corrected chi connectivity index (χ1v) is 8.92. The Morgan fingerprint density at radius 1 is 0.962 bits per heavy atom. The second-order valence-corrected chi connectivity index (χ2v) is 7.03. The predicted molar refractivity (Wildman–Crippen MR) is 103 cm³/mol. The van der Waals surface area contributed by atoms with E-state index in [-0.39, 0.29) is 0 Å². The molecule has 0 fully saturated rings. The molecule has 0 bridgehead atoms. The summed E-state index contributed by atoms with van der Waals surface area (Å²) in [5, 5.41) is 5.62. The zero-order valence-electron chi connectivity index (χ0n) is 14.8. The van der Waals surface area contributed by atoms with Crippen LogP contribution in [0.5, 0.6) is 0 Å². The lowest BCUT2D eigenvalue weighted by Crippen LogP contribution is -2.15. The van der Waals surface area contributed by atoms with E-state index in [1.165, 1.54) is 33.3 Å². The van der Waals surface area contributed by atoms with Crippen LogP contribution in [0.2, 0.25) is 0 Å². The fraction of sp³-hybridized carbons (Fsp3) is 0.182. The van der Waals surface area contributed by atoms with Crippen LogP contribution in [0, 0.1) is 0 Å². The molecule has 0 aliphatic carbocycles. The standard InChI is InChI=1S/C22H20N4/c1-25-13-20-11-18(8-9-21(20)24-25)17-6-4-16(5-7-17)12-26-14-19-3-2-10-23-22(19)15-26/h2-11,13H,12,14-15H2,1H3. The Balaban J connectivity index is 1.34. The molecule has 0 radical (unpaired) electrons. The highest BCUT2D eigenvalue weighted by Gasteiger charge is 2.19. The maximum absolute atomic E-state index is 4.48. The van der Waals surface area contributed by atoms with Crippen molar-refractivity contribution in [2.75, 3.05) is 0 Å². The van der Waals surface area contributed by atoms with Crippen LogP contribution >= 0.6 is 0 Å². The summed E-state index contributed by atoms with van der Waals surface area (Å²) in [6.45, 7) is 2.89. The fourth-order valence-corrected chi connectivity index (χ4v) is 3.77. The van der Waals surface area contributed by atoms with Crippen LogP contribution in [0.3, 0.4) is 0 Å². The van der Waals surface area contributed by atoms with Crippen LogP contribution in [0.4, 0.5) is 0 Å². The Hall–Kier alpha value is -2.98. The summed E-state index contributed by atoms with van der Waals surface area (Å²) in [6.07, 6.45) is 3.95. The first kappa shape index (κ1) is 15.3. The minimum absolute atomic E-state index is 0.940. The molecule has 2 aromatic carbocycles.